The van der Waals surface area contributed by atoms with Gasteiger partial charge in [-0.1, -0.05) is 66.4 Å². The van der Waals surface area contributed by atoms with Crippen molar-refractivity contribution in [2.24, 2.45) is 0 Å². The van der Waals surface area contributed by atoms with Crippen LogP contribution in [-0.2, 0) is 0 Å². The monoisotopic (exact) mass is 1850 g/mol. The van der Waals surface area contributed by atoms with Gasteiger partial charge in [0.1, 0.15) is 39.9 Å². The first-order valence-electron chi connectivity index (χ1n) is 44.0. The molecule has 0 saturated heterocycles. The largest absolute Gasteiger partial charge is 0.349 e. The summed E-state index contributed by atoms with van der Waals surface area (Å²) in [4.78, 5) is 89.3. The average Bonchev–Trinajstić information content (AvgIpc) is 1.76. The fourth-order valence-electron chi connectivity index (χ4n) is 15.5. The molecule has 0 aliphatic heterocycles. The Hall–Kier alpha value is -13.2. The van der Waals surface area contributed by atoms with Crippen LogP contribution in [0.3, 0.4) is 0 Å². The van der Waals surface area contributed by atoms with E-state index in [1.54, 1.807) is 111 Å². The number of aryl methyl sites for hydroxylation is 3. The zero-order valence-corrected chi connectivity index (χ0v) is 80.2. The molecular formula is C101H102F2N22S6. The number of aromatic amines is 5. The van der Waals surface area contributed by atoms with Crippen molar-refractivity contribution in [3.8, 4) is 101 Å². The molecular weight excluding hydrogens is 1750 g/mol. The number of hydrogen-bond acceptors (Lipinski definition) is 23. The lowest BCUT2D eigenvalue weighted by atomic mass is 10.0. The normalized spacial score (nSPS) is 11.2. The van der Waals surface area contributed by atoms with Crippen molar-refractivity contribution in [1.29, 1.82) is 0 Å². The van der Waals surface area contributed by atoms with Gasteiger partial charge >= 0.3 is 0 Å². The van der Waals surface area contributed by atoms with Crippen molar-refractivity contribution in [1.82, 2.24) is 84.7 Å². The highest BCUT2D eigenvalue weighted by molar-refractivity contribution is 7.99. The van der Waals surface area contributed by atoms with E-state index in [0.29, 0.717) is 0 Å². The van der Waals surface area contributed by atoms with E-state index < -0.39 is 0 Å². The van der Waals surface area contributed by atoms with E-state index in [1.165, 1.54) is 43.8 Å². The maximum atomic E-state index is 13.2. The van der Waals surface area contributed by atoms with Crippen molar-refractivity contribution < 1.29 is 8.78 Å². The van der Waals surface area contributed by atoms with Crippen LogP contribution in [0, 0.1) is 32.4 Å². The van der Waals surface area contributed by atoms with Crippen LogP contribution in [0.2, 0.25) is 0 Å². The van der Waals surface area contributed by atoms with Crippen molar-refractivity contribution in [3.63, 3.8) is 0 Å². The summed E-state index contributed by atoms with van der Waals surface area (Å²) in [6, 6.07) is 42.0. The zero-order valence-electron chi connectivity index (χ0n) is 75.3. The van der Waals surface area contributed by atoms with E-state index in [4.69, 9.17) is 24.9 Å². The maximum absolute atomic E-state index is 13.2. The van der Waals surface area contributed by atoms with Crippen LogP contribution in [0.25, 0.3) is 156 Å². The van der Waals surface area contributed by atoms with E-state index in [0.717, 1.165) is 252 Å². The zero-order chi connectivity index (χ0) is 91.2. The second kappa shape index (κ2) is 42.1. The van der Waals surface area contributed by atoms with Gasteiger partial charge in [-0.2, -0.15) is 0 Å². The van der Waals surface area contributed by atoms with Crippen LogP contribution in [0.4, 0.5) is 34.4 Å². The molecule has 0 bridgehead atoms. The smallest absolute Gasteiger partial charge is 0.186 e. The Morgan fingerprint density at radius 3 is 0.931 bits per heavy atom. The summed E-state index contributed by atoms with van der Waals surface area (Å²) >= 11 is 10.3. The Morgan fingerprint density at radius 2 is 0.603 bits per heavy atom. The van der Waals surface area contributed by atoms with Gasteiger partial charge in [0.25, 0.3) is 0 Å². The van der Waals surface area contributed by atoms with Gasteiger partial charge in [-0.25, -0.2) is 58.6 Å². The Balaban J connectivity index is 0.000000120. The summed E-state index contributed by atoms with van der Waals surface area (Å²) in [5.41, 5.74) is 22.8. The van der Waals surface area contributed by atoms with Crippen LogP contribution < -0.4 is 24.5 Å². The molecule has 0 saturated carbocycles. The molecule has 0 radical (unpaired) electrons. The number of hydrogen-bond donors (Lipinski definition) is 5. The predicted molar refractivity (Wildman–Crippen MR) is 546 cm³/mol. The number of pyridine rings is 7. The van der Waals surface area contributed by atoms with Gasteiger partial charge < -0.3 is 49.4 Å². The van der Waals surface area contributed by atoms with Crippen LogP contribution >= 0.6 is 68.4 Å². The number of rotatable bonds is 26. The Labute approximate surface area is 784 Å². The van der Waals surface area contributed by atoms with Crippen LogP contribution in [0.1, 0.15) is 83.9 Å². The molecule has 0 unspecified atom stereocenters. The van der Waals surface area contributed by atoms with Gasteiger partial charge in [0.2, 0.25) is 0 Å². The van der Waals surface area contributed by atoms with E-state index in [1.807, 2.05) is 92.4 Å². The van der Waals surface area contributed by atoms with Crippen LogP contribution in [0.15, 0.2) is 241 Å². The quantitative estimate of drug-likeness (QED) is 0.0338. The first kappa shape index (κ1) is 91.1. The number of fused-ring (bicyclic) bond motifs is 5. The Kier molecular flexibility index (Phi) is 29.3. The Morgan fingerprint density at radius 1 is 0.298 bits per heavy atom. The first-order chi connectivity index (χ1) is 64.0. The molecule has 20 rings (SSSR count). The maximum Gasteiger partial charge on any atom is 0.186 e. The molecule has 3 aromatic carbocycles. The third kappa shape index (κ3) is 20.4. The van der Waals surface area contributed by atoms with E-state index in [2.05, 4.69) is 246 Å². The summed E-state index contributed by atoms with van der Waals surface area (Å²) in [5.74, 6) is -0.478. The number of nitrogens with zero attached hydrogens (tertiary/aromatic N) is 17. The molecule has 0 aliphatic carbocycles. The second-order valence-electron chi connectivity index (χ2n) is 30.6. The summed E-state index contributed by atoms with van der Waals surface area (Å²) < 4.78 is 26.4. The molecule has 30 heteroatoms. The van der Waals surface area contributed by atoms with Crippen molar-refractivity contribution in [2.45, 2.75) is 99.8 Å². The molecule has 20 aromatic rings. The lowest BCUT2D eigenvalue weighted by Gasteiger charge is -2.16. The molecule has 666 valence electrons. The fourth-order valence-corrected chi connectivity index (χ4v) is 21.4. The number of thiazole rings is 5. The number of anilines is 5. The molecule has 0 atom stereocenters. The molecule has 0 amide bonds. The summed E-state index contributed by atoms with van der Waals surface area (Å²) in [7, 11) is 0. The summed E-state index contributed by atoms with van der Waals surface area (Å²) in [6.45, 7) is 37.5. The number of halogens is 2. The molecule has 17 aromatic heterocycles. The molecule has 17 heterocycles. The van der Waals surface area contributed by atoms with Crippen LogP contribution in [-0.4, -0.2) is 150 Å². The molecule has 0 aliphatic rings. The average molecular weight is 1850 g/mol. The molecule has 131 heavy (non-hydrogen) atoms. The van der Waals surface area contributed by atoms with Crippen LogP contribution in [0.5, 0.6) is 0 Å². The van der Waals surface area contributed by atoms with Crippen molar-refractivity contribution >= 4 is 149 Å². The van der Waals surface area contributed by atoms with Gasteiger partial charge in [0.05, 0.1) is 28.5 Å². The summed E-state index contributed by atoms with van der Waals surface area (Å²) in [6.07, 6.45) is 26.5. The minimum atomic E-state index is -0.239. The topological polar surface area (TPSA) is 250 Å². The fraction of sp³-hybridized carbons (Fsp3) is 0.228. The number of aromatic nitrogens is 17. The lowest BCUT2D eigenvalue weighted by molar-refractivity contribution is 0.627. The lowest BCUT2D eigenvalue weighted by Crippen LogP contribution is -2.21. The third-order valence-corrected chi connectivity index (χ3v) is 28.6. The third-order valence-electron chi connectivity index (χ3n) is 22.8. The minimum absolute atomic E-state index is 0.239. The van der Waals surface area contributed by atoms with Gasteiger partial charge in [0, 0.05) is 276 Å². The van der Waals surface area contributed by atoms with Gasteiger partial charge in [0.15, 0.2) is 25.7 Å². The standard InChI is InChI=1S/C21H21FN4S.C21H22N4S2.C20H19FN4S.C20H21N5S.C19H19N5S/c1-4-26(5-2)21-25-19(13(3)27-21)18-12-24-20-17(18)10-15(11-23-20)14-6-8-16(22)9-7-14;1-4-25(5-2)21-24-19(14(3)26-21)18-13-23-20-17(18)11-16(12-22-20)27-15-9-7-6-8-10-15;1-3-25(4-2)20-24-18(12-26-20)17-11-23-19-16(17)9-14(10-22-19)13-5-7-15(21)8-6-13;1-4-25(5-2)20-24-18(13(3)26-20)17-12-23-19-16(17)9-15(11-22-19)14-7-6-8-21-10-14;1-3-24(4-2)19-23-17(12-25-19)16-11-22-18-15(16)8-14(10-21-18)13-6-5-7-20-9-13/h6-12H,4-5H2,1-3H3,(H,23,24);6-13H,4-5H2,1-3H3,(H,22,23);5-12H,3-4H2,1-2H3,(H,22,23);6-12H,4-5H2,1-3H3,(H,22,23);5-12H,3-4H2,1-2H3,(H,21,22). The van der Waals surface area contributed by atoms with E-state index in [9.17, 15) is 8.78 Å². The van der Waals surface area contributed by atoms with Crippen molar-refractivity contribution in [3.05, 3.63) is 257 Å². The molecule has 0 spiro atoms. The van der Waals surface area contributed by atoms with E-state index in [-0.39, 0.29) is 11.6 Å². The Bertz CT molecular complexity index is 7150. The molecule has 22 nitrogen and oxygen atoms in total. The number of H-pyrrole nitrogens is 5. The minimum Gasteiger partial charge on any atom is -0.349 e. The first-order valence-corrected chi connectivity index (χ1v) is 49.0. The highest BCUT2D eigenvalue weighted by Crippen LogP contribution is 2.43. The highest BCUT2D eigenvalue weighted by atomic mass is 32.2. The highest BCUT2D eigenvalue weighted by Gasteiger charge is 2.24. The van der Waals surface area contributed by atoms with Gasteiger partial charge in [-0.05, 0) is 180 Å². The second-order valence-corrected chi connectivity index (χ2v) is 36.9. The van der Waals surface area contributed by atoms with Gasteiger partial charge in [-0.15, -0.1) is 56.7 Å². The molecule has 0 fully saturated rings. The van der Waals surface area contributed by atoms with Gasteiger partial charge in [-0.3, -0.25) is 9.97 Å². The number of benzene rings is 3. The SMILES string of the molecule is CCN(CC)c1nc(-c2c[nH]c3ncc(-c4ccc(F)cc4)cc23)c(C)s1.CCN(CC)c1nc(-c2c[nH]c3ncc(-c4ccc(F)cc4)cc23)cs1.CCN(CC)c1nc(-c2c[nH]c3ncc(-c4cccnc4)cc23)c(C)s1.CCN(CC)c1nc(-c2c[nH]c3ncc(-c4cccnc4)cc23)cs1.CCN(CC)c1nc(-c2c[nH]c3ncc(Sc4ccccc4)cc23)c(C)s1. The predicted octanol–water partition coefficient (Wildman–Crippen LogP) is 26.5. The molecule has 5 N–H and O–H groups in total. The summed E-state index contributed by atoms with van der Waals surface area (Å²) in [5, 5.41) is 14.8. The van der Waals surface area contributed by atoms with E-state index >= 15 is 0 Å². The number of nitrogens with one attached hydrogen (secondary N) is 5. The van der Waals surface area contributed by atoms with Crippen molar-refractivity contribution in [2.75, 3.05) is 89.9 Å².